The Labute approximate surface area is 138 Å². The van der Waals surface area contributed by atoms with Gasteiger partial charge in [0.1, 0.15) is 0 Å². The van der Waals surface area contributed by atoms with Gasteiger partial charge in [-0.1, -0.05) is 17.7 Å². The summed E-state index contributed by atoms with van der Waals surface area (Å²) in [6, 6.07) is 4.93. The molecule has 122 valence electrons. The van der Waals surface area contributed by atoms with Crippen molar-refractivity contribution in [2.24, 2.45) is 5.92 Å². The molecule has 1 aromatic carbocycles. The highest BCUT2D eigenvalue weighted by Gasteiger charge is 2.55. The van der Waals surface area contributed by atoms with Crippen molar-refractivity contribution in [3.8, 4) is 0 Å². The first-order chi connectivity index (χ1) is 11.0. The van der Waals surface area contributed by atoms with E-state index in [1.165, 1.54) is 6.07 Å². The Morgan fingerprint density at radius 2 is 2.04 bits per heavy atom. The monoisotopic (exact) mass is 336 g/mol. The maximum absolute atomic E-state index is 13.1. The Morgan fingerprint density at radius 3 is 2.70 bits per heavy atom. The molecule has 1 fully saturated rings. The van der Waals surface area contributed by atoms with Crippen molar-refractivity contribution in [3.05, 3.63) is 34.3 Å². The van der Waals surface area contributed by atoms with E-state index in [2.05, 4.69) is 0 Å². The highest BCUT2D eigenvalue weighted by Crippen LogP contribution is 2.44. The van der Waals surface area contributed by atoms with Gasteiger partial charge in [-0.2, -0.15) is 0 Å². The standard InChI is InChI=1S/C17H17ClO5/c1-2-23-16(21)13-14(19)11-9-10(18)3-4-12(11)17(15(13)20)5-7-22-8-6-17/h3-4,9,13H,2,5-8H2,1H3. The summed E-state index contributed by atoms with van der Waals surface area (Å²) in [6.45, 7) is 2.59. The van der Waals surface area contributed by atoms with Gasteiger partial charge in [0.2, 0.25) is 0 Å². The van der Waals surface area contributed by atoms with E-state index in [1.54, 1.807) is 19.1 Å². The van der Waals surface area contributed by atoms with Crippen molar-refractivity contribution in [2.45, 2.75) is 25.2 Å². The van der Waals surface area contributed by atoms with Gasteiger partial charge >= 0.3 is 5.97 Å². The molecule has 1 aliphatic carbocycles. The summed E-state index contributed by atoms with van der Waals surface area (Å²) in [4.78, 5) is 38.0. The third kappa shape index (κ3) is 2.48. The third-order valence-corrected chi connectivity index (χ3v) is 4.86. The average Bonchev–Trinajstić information content (AvgIpc) is 2.54. The summed E-state index contributed by atoms with van der Waals surface area (Å²) in [6.07, 6.45) is 0.896. The van der Waals surface area contributed by atoms with E-state index in [-0.39, 0.29) is 12.4 Å². The van der Waals surface area contributed by atoms with Crippen LogP contribution in [-0.2, 0) is 24.5 Å². The van der Waals surface area contributed by atoms with Crippen LogP contribution >= 0.6 is 11.6 Å². The molecule has 0 amide bonds. The number of hydrogen-bond donors (Lipinski definition) is 0. The molecular weight excluding hydrogens is 320 g/mol. The molecule has 1 heterocycles. The predicted molar refractivity (Wildman–Crippen MR) is 82.6 cm³/mol. The molecule has 5 nitrogen and oxygen atoms in total. The SMILES string of the molecule is CCOC(=O)C1C(=O)c2cc(Cl)ccc2C2(CCOCC2)C1=O. The fourth-order valence-corrected chi connectivity index (χ4v) is 3.67. The molecule has 0 radical (unpaired) electrons. The topological polar surface area (TPSA) is 69.7 Å². The number of ether oxygens (including phenoxy) is 2. The number of halogens is 1. The van der Waals surface area contributed by atoms with Crippen LogP contribution in [0.1, 0.15) is 35.7 Å². The number of carbonyl (C=O) groups excluding carboxylic acids is 3. The summed E-state index contributed by atoms with van der Waals surface area (Å²) >= 11 is 6.02. The van der Waals surface area contributed by atoms with E-state index in [1.807, 2.05) is 0 Å². The summed E-state index contributed by atoms with van der Waals surface area (Å²) in [5.41, 5.74) is 0.126. The average molecular weight is 337 g/mol. The zero-order chi connectivity index (χ0) is 16.6. The molecule has 6 heteroatoms. The molecule has 0 aromatic heterocycles. The zero-order valence-corrected chi connectivity index (χ0v) is 13.5. The normalized spacial score (nSPS) is 22.8. The molecule has 1 aromatic rings. The van der Waals surface area contributed by atoms with Crippen LogP contribution < -0.4 is 0 Å². The van der Waals surface area contributed by atoms with Crippen molar-refractivity contribution >= 4 is 29.1 Å². The van der Waals surface area contributed by atoms with Crippen molar-refractivity contribution in [2.75, 3.05) is 19.8 Å². The van der Waals surface area contributed by atoms with Gasteiger partial charge in [0.25, 0.3) is 0 Å². The first kappa shape index (κ1) is 16.1. The number of rotatable bonds is 2. The molecule has 23 heavy (non-hydrogen) atoms. The maximum atomic E-state index is 13.1. The Kier molecular flexibility index (Phi) is 4.25. The van der Waals surface area contributed by atoms with E-state index < -0.39 is 23.1 Å². The van der Waals surface area contributed by atoms with Gasteiger partial charge in [-0.25, -0.2) is 0 Å². The summed E-state index contributed by atoms with van der Waals surface area (Å²) < 4.78 is 10.3. The molecular formula is C17H17ClO5. The van der Waals surface area contributed by atoms with Crippen LogP contribution in [0.25, 0.3) is 0 Å². The second kappa shape index (κ2) is 6.06. The van der Waals surface area contributed by atoms with Gasteiger partial charge in [0.05, 0.1) is 12.0 Å². The molecule has 1 saturated heterocycles. The Morgan fingerprint density at radius 1 is 1.35 bits per heavy atom. The number of ketones is 2. The molecule has 3 rings (SSSR count). The molecule has 1 aliphatic heterocycles. The quantitative estimate of drug-likeness (QED) is 0.612. The summed E-state index contributed by atoms with van der Waals surface area (Å²) in [7, 11) is 0. The van der Waals surface area contributed by atoms with Gasteiger partial charge in [-0.3, -0.25) is 14.4 Å². The van der Waals surface area contributed by atoms with Crippen LogP contribution in [0.2, 0.25) is 5.02 Å². The molecule has 1 unspecified atom stereocenters. The Bertz CT molecular complexity index is 676. The molecule has 1 spiro atoms. The lowest BCUT2D eigenvalue weighted by molar-refractivity contribution is -0.152. The van der Waals surface area contributed by atoms with Crippen LogP contribution in [0.4, 0.5) is 0 Å². The second-order valence-corrected chi connectivity index (χ2v) is 6.23. The van der Waals surface area contributed by atoms with Gasteiger partial charge in [-0.05, 0) is 37.5 Å². The van der Waals surface area contributed by atoms with E-state index in [4.69, 9.17) is 21.1 Å². The van der Waals surface area contributed by atoms with E-state index in [0.717, 1.165) is 0 Å². The van der Waals surface area contributed by atoms with Crippen LogP contribution in [0.3, 0.4) is 0 Å². The Balaban J connectivity index is 2.17. The van der Waals surface area contributed by atoms with Gasteiger partial charge < -0.3 is 9.47 Å². The zero-order valence-electron chi connectivity index (χ0n) is 12.8. The first-order valence-corrected chi connectivity index (χ1v) is 8.02. The largest absolute Gasteiger partial charge is 0.465 e. The van der Waals surface area contributed by atoms with Gasteiger partial charge in [0.15, 0.2) is 17.5 Å². The predicted octanol–water partition coefficient (Wildman–Crippen LogP) is 2.33. The highest BCUT2D eigenvalue weighted by atomic mass is 35.5. The lowest BCUT2D eigenvalue weighted by Crippen LogP contribution is -2.53. The highest BCUT2D eigenvalue weighted by molar-refractivity contribution is 6.32. The van der Waals surface area contributed by atoms with E-state index >= 15 is 0 Å². The van der Waals surface area contributed by atoms with Crippen molar-refractivity contribution in [1.29, 1.82) is 0 Å². The van der Waals surface area contributed by atoms with Crippen molar-refractivity contribution in [3.63, 3.8) is 0 Å². The molecule has 2 aliphatic rings. The third-order valence-electron chi connectivity index (χ3n) is 4.63. The number of hydrogen-bond acceptors (Lipinski definition) is 5. The van der Waals surface area contributed by atoms with Gasteiger partial charge in [0, 0.05) is 23.8 Å². The van der Waals surface area contributed by atoms with Crippen LogP contribution in [0, 0.1) is 5.92 Å². The van der Waals surface area contributed by atoms with Crippen LogP contribution in [0.15, 0.2) is 18.2 Å². The van der Waals surface area contributed by atoms with Crippen LogP contribution in [-0.4, -0.2) is 37.4 Å². The summed E-state index contributed by atoms with van der Waals surface area (Å²) in [5, 5.41) is 0.399. The molecule has 0 bridgehead atoms. The maximum Gasteiger partial charge on any atom is 0.324 e. The Hall–Kier alpha value is -1.72. The lowest BCUT2D eigenvalue weighted by atomic mass is 9.61. The molecule has 1 atom stereocenters. The minimum absolute atomic E-state index is 0.119. The first-order valence-electron chi connectivity index (χ1n) is 7.64. The fourth-order valence-electron chi connectivity index (χ4n) is 3.50. The van der Waals surface area contributed by atoms with Gasteiger partial charge in [-0.15, -0.1) is 0 Å². The number of Topliss-reactive ketones (excluding diaryl/α,β-unsaturated/α-hetero) is 2. The minimum atomic E-state index is -1.40. The summed E-state index contributed by atoms with van der Waals surface area (Å²) in [5.74, 6) is -3.08. The lowest BCUT2D eigenvalue weighted by Gasteiger charge is -2.42. The van der Waals surface area contributed by atoms with Crippen molar-refractivity contribution < 1.29 is 23.9 Å². The molecule has 0 saturated carbocycles. The number of benzene rings is 1. The molecule has 0 N–H and O–H groups in total. The van der Waals surface area contributed by atoms with E-state index in [9.17, 15) is 14.4 Å². The number of carbonyl (C=O) groups is 3. The number of fused-ring (bicyclic) bond motifs is 2. The number of esters is 1. The fraction of sp³-hybridized carbons (Fsp3) is 0.471. The van der Waals surface area contributed by atoms with E-state index in [0.29, 0.717) is 42.2 Å². The second-order valence-electron chi connectivity index (χ2n) is 5.80. The smallest absolute Gasteiger partial charge is 0.324 e. The van der Waals surface area contributed by atoms with Crippen molar-refractivity contribution in [1.82, 2.24) is 0 Å². The van der Waals surface area contributed by atoms with Crippen LogP contribution in [0.5, 0.6) is 0 Å². The minimum Gasteiger partial charge on any atom is -0.465 e.